The van der Waals surface area contributed by atoms with Crippen molar-refractivity contribution in [3.8, 4) is 0 Å². The van der Waals surface area contributed by atoms with Crippen molar-refractivity contribution in [2.45, 2.75) is 26.9 Å². The molecule has 0 aliphatic carbocycles. The molecule has 0 aromatic rings. The van der Waals surface area contributed by atoms with Crippen molar-refractivity contribution in [2.75, 3.05) is 18.9 Å². The van der Waals surface area contributed by atoms with Gasteiger partial charge in [0, 0.05) is 19.6 Å². The van der Waals surface area contributed by atoms with Crippen LogP contribution in [0.4, 0.5) is 0 Å². The van der Waals surface area contributed by atoms with Crippen molar-refractivity contribution < 1.29 is 28.7 Å². The molecular weight excluding hydrogens is 310 g/mol. The van der Waals surface area contributed by atoms with Gasteiger partial charge in [-0.2, -0.15) is 0 Å². The first-order chi connectivity index (χ1) is 10.3. The van der Waals surface area contributed by atoms with E-state index in [-0.39, 0.29) is 29.9 Å². The van der Waals surface area contributed by atoms with Crippen LogP contribution in [0.5, 0.6) is 0 Å². The second-order valence-corrected chi connectivity index (χ2v) is 5.68. The second-order valence-electron chi connectivity index (χ2n) is 4.48. The Labute approximate surface area is 133 Å². The molecule has 0 rings (SSSR count). The largest absolute Gasteiger partial charge is 0.459 e. The Morgan fingerprint density at radius 1 is 1.23 bits per heavy atom. The van der Waals surface area contributed by atoms with E-state index in [0.29, 0.717) is 0 Å². The van der Waals surface area contributed by atoms with Gasteiger partial charge in [0.2, 0.25) is 12.0 Å². The fraction of sp³-hybridized carbons (Fsp3) is 0.571. The first kappa shape index (κ1) is 20.2. The van der Waals surface area contributed by atoms with Gasteiger partial charge in [-0.25, -0.2) is 4.79 Å². The summed E-state index contributed by atoms with van der Waals surface area (Å²) in [7, 11) is 0. The fourth-order valence-electron chi connectivity index (χ4n) is 1.21. The topological polar surface area (TPSA) is 98.8 Å². The van der Waals surface area contributed by atoms with Crippen molar-refractivity contribution in [1.82, 2.24) is 5.32 Å². The molecule has 0 spiro atoms. The van der Waals surface area contributed by atoms with Crippen LogP contribution in [0, 0.1) is 5.92 Å². The van der Waals surface area contributed by atoms with E-state index in [4.69, 9.17) is 9.47 Å². The summed E-state index contributed by atoms with van der Waals surface area (Å²) < 4.78 is 9.89. The van der Waals surface area contributed by atoms with E-state index in [9.17, 15) is 19.2 Å². The monoisotopic (exact) mass is 331 g/mol. The quantitative estimate of drug-likeness (QED) is 0.490. The molecule has 7 nitrogen and oxygen atoms in total. The van der Waals surface area contributed by atoms with E-state index in [1.165, 1.54) is 19.9 Å². The zero-order valence-electron chi connectivity index (χ0n) is 12.9. The number of carbonyl (C=O) groups excluding carboxylic acids is 4. The minimum Gasteiger partial charge on any atom is -0.459 e. The smallest absolute Gasteiger partial charge is 0.349 e. The summed E-state index contributed by atoms with van der Waals surface area (Å²) in [5.41, 5.74) is 0. The highest BCUT2D eigenvalue weighted by Crippen LogP contribution is 2.12. The Morgan fingerprint density at radius 2 is 1.86 bits per heavy atom. The van der Waals surface area contributed by atoms with Gasteiger partial charge in [0.15, 0.2) is 5.12 Å². The molecule has 22 heavy (non-hydrogen) atoms. The Balaban J connectivity index is 4.61. The van der Waals surface area contributed by atoms with Gasteiger partial charge in [-0.15, -0.1) is 0 Å². The third-order valence-electron chi connectivity index (χ3n) is 2.34. The lowest BCUT2D eigenvalue weighted by Crippen LogP contribution is -2.41. The zero-order chi connectivity index (χ0) is 17.1. The summed E-state index contributed by atoms with van der Waals surface area (Å²) >= 11 is 0.996. The normalized spacial score (nSPS) is 12.7. The SMILES string of the molecule is C=CCOC(=O)C(CNC(C)=O)OC(=O)[C@H](C)CSC(C)=O. The molecule has 0 saturated carbocycles. The van der Waals surface area contributed by atoms with Crippen molar-refractivity contribution in [1.29, 1.82) is 0 Å². The van der Waals surface area contributed by atoms with Gasteiger partial charge in [-0.1, -0.05) is 31.3 Å². The summed E-state index contributed by atoms with van der Waals surface area (Å²) in [4.78, 5) is 45.5. The molecule has 1 amide bonds. The van der Waals surface area contributed by atoms with Crippen LogP contribution in [-0.4, -0.2) is 48.0 Å². The van der Waals surface area contributed by atoms with Gasteiger partial charge in [0.1, 0.15) is 6.61 Å². The molecule has 0 aliphatic rings. The number of nitrogens with one attached hydrogen (secondary N) is 1. The van der Waals surface area contributed by atoms with Crippen LogP contribution >= 0.6 is 11.8 Å². The Morgan fingerprint density at radius 3 is 2.36 bits per heavy atom. The maximum atomic E-state index is 11.9. The number of thioether (sulfide) groups is 1. The summed E-state index contributed by atoms with van der Waals surface area (Å²) in [5, 5.41) is 2.28. The number of hydrogen-bond donors (Lipinski definition) is 1. The van der Waals surface area contributed by atoms with Crippen molar-refractivity contribution in [2.24, 2.45) is 5.92 Å². The van der Waals surface area contributed by atoms with E-state index in [1.807, 2.05) is 0 Å². The fourth-order valence-corrected chi connectivity index (χ4v) is 1.83. The summed E-state index contributed by atoms with van der Waals surface area (Å²) in [5.74, 6) is -2.09. The zero-order valence-corrected chi connectivity index (χ0v) is 13.7. The number of rotatable bonds is 9. The molecule has 0 aromatic carbocycles. The van der Waals surface area contributed by atoms with Crippen LogP contribution in [0.2, 0.25) is 0 Å². The molecule has 0 fully saturated rings. The summed E-state index contributed by atoms with van der Waals surface area (Å²) in [6.45, 7) is 7.47. The predicted octanol–water partition coefficient (Wildman–Crippen LogP) is 0.679. The Hall–Kier alpha value is -1.83. The number of hydrogen-bond acceptors (Lipinski definition) is 7. The Bertz CT molecular complexity index is 437. The minimum absolute atomic E-state index is 0.0251. The lowest BCUT2D eigenvalue weighted by Gasteiger charge is -2.18. The first-order valence-corrected chi connectivity index (χ1v) is 7.62. The summed E-state index contributed by atoms with van der Waals surface area (Å²) in [6.07, 6.45) is 0.141. The highest BCUT2D eigenvalue weighted by molar-refractivity contribution is 8.13. The van der Waals surface area contributed by atoms with E-state index in [0.717, 1.165) is 11.8 Å². The molecule has 8 heteroatoms. The average Bonchev–Trinajstić information content (AvgIpc) is 2.45. The van der Waals surface area contributed by atoms with Crippen LogP contribution in [0.1, 0.15) is 20.8 Å². The van der Waals surface area contributed by atoms with Crippen molar-refractivity contribution >= 4 is 34.7 Å². The van der Waals surface area contributed by atoms with Gasteiger partial charge in [0.05, 0.1) is 12.5 Å². The minimum atomic E-state index is -1.24. The molecule has 0 saturated heterocycles. The highest BCUT2D eigenvalue weighted by Gasteiger charge is 2.27. The lowest BCUT2D eigenvalue weighted by molar-refractivity contribution is -0.168. The second kappa shape index (κ2) is 10.8. The number of carbonyl (C=O) groups is 4. The molecule has 0 radical (unpaired) electrons. The van der Waals surface area contributed by atoms with E-state index in [2.05, 4.69) is 11.9 Å². The third-order valence-corrected chi connectivity index (χ3v) is 3.41. The van der Waals surface area contributed by atoms with Gasteiger partial charge in [-0.3, -0.25) is 14.4 Å². The highest BCUT2D eigenvalue weighted by atomic mass is 32.2. The van der Waals surface area contributed by atoms with Gasteiger partial charge in [-0.05, 0) is 0 Å². The first-order valence-electron chi connectivity index (χ1n) is 6.63. The van der Waals surface area contributed by atoms with Crippen molar-refractivity contribution in [3.63, 3.8) is 0 Å². The van der Waals surface area contributed by atoms with Crippen molar-refractivity contribution in [3.05, 3.63) is 12.7 Å². The molecule has 1 N–H and O–H groups in total. The molecule has 0 heterocycles. The standard InChI is InChI=1S/C14H21NO6S/c1-5-6-20-14(19)12(7-15-10(3)16)21-13(18)9(2)8-22-11(4)17/h5,9,12H,1,6-8H2,2-4H3,(H,15,16)/t9-,12?/m1/s1. The molecule has 2 atom stereocenters. The van der Waals surface area contributed by atoms with Gasteiger partial charge >= 0.3 is 11.9 Å². The van der Waals surface area contributed by atoms with Crippen LogP contribution in [0.15, 0.2) is 12.7 Å². The average molecular weight is 331 g/mol. The predicted molar refractivity (Wildman–Crippen MR) is 82.0 cm³/mol. The molecule has 0 aromatic heterocycles. The number of ether oxygens (including phenoxy) is 2. The van der Waals surface area contributed by atoms with Gasteiger partial charge in [0.25, 0.3) is 0 Å². The molecule has 1 unspecified atom stereocenters. The van der Waals surface area contributed by atoms with E-state index >= 15 is 0 Å². The molecule has 0 aliphatic heterocycles. The Kier molecular flexibility index (Phi) is 9.93. The van der Waals surface area contributed by atoms with Crippen LogP contribution in [0.3, 0.4) is 0 Å². The molecular formula is C14H21NO6S. The number of amides is 1. The maximum absolute atomic E-state index is 11.9. The van der Waals surface area contributed by atoms with Crippen LogP contribution in [-0.2, 0) is 28.7 Å². The summed E-state index contributed by atoms with van der Waals surface area (Å²) in [6, 6.07) is 0. The van der Waals surface area contributed by atoms with Crippen LogP contribution < -0.4 is 5.32 Å². The lowest BCUT2D eigenvalue weighted by atomic mass is 10.2. The van der Waals surface area contributed by atoms with Crippen LogP contribution in [0.25, 0.3) is 0 Å². The third kappa shape index (κ3) is 9.17. The maximum Gasteiger partial charge on any atom is 0.349 e. The molecule has 0 bridgehead atoms. The number of esters is 2. The van der Waals surface area contributed by atoms with E-state index < -0.39 is 24.0 Å². The van der Waals surface area contributed by atoms with Gasteiger partial charge < -0.3 is 14.8 Å². The van der Waals surface area contributed by atoms with E-state index in [1.54, 1.807) is 6.92 Å². The molecule has 124 valence electrons.